The van der Waals surface area contributed by atoms with Crippen LogP contribution in [0.1, 0.15) is 36.3 Å². The number of nitrogens with zero attached hydrogens (tertiary/aromatic N) is 2. The van der Waals surface area contributed by atoms with E-state index in [-0.39, 0.29) is 5.78 Å². The quantitative estimate of drug-likeness (QED) is 0.732. The van der Waals surface area contributed by atoms with Crippen LogP contribution in [0.4, 0.5) is 5.69 Å². The molecule has 1 aliphatic carbocycles. The van der Waals surface area contributed by atoms with Crippen LogP contribution >= 0.6 is 0 Å². The number of carbonyl (C=O) groups is 1. The van der Waals surface area contributed by atoms with E-state index >= 15 is 0 Å². The second-order valence-electron chi connectivity index (χ2n) is 8.11. The maximum atomic E-state index is 13.3. The number of ketones is 1. The van der Waals surface area contributed by atoms with Crippen molar-refractivity contribution in [2.75, 3.05) is 26.2 Å². The summed E-state index contributed by atoms with van der Waals surface area (Å²) in [5.41, 5.74) is 11.0. The summed E-state index contributed by atoms with van der Waals surface area (Å²) >= 11 is 0. The van der Waals surface area contributed by atoms with Crippen molar-refractivity contribution >= 4 is 11.5 Å². The Balaban J connectivity index is 1.99. The summed E-state index contributed by atoms with van der Waals surface area (Å²) in [4.78, 5) is 15.2. The van der Waals surface area contributed by atoms with Gasteiger partial charge in [-0.3, -0.25) is 9.69 Å². The number of allylic oxidation sites excluding steroid dienone is 3. The topological polar surface area (TPSA) is 97.8 Å². The van der Waals surface area contributed by atoms with Crippen LogP contribution in [0.25, 0.3) is 0 Å². The molecule has 0 spiro atoms. The van der Waals surface area contributed by atoms with E-state index < -0.39 is 5.92 Å². The number of aryl methyl sites for hydroxylation is 1. The molecule has 170 valence electrons. The highest BCUT2D eigenvalue weighted by Gasteiger charge is 2.41. The molecule has 2 N–H and O–H groups in total. The van der Waals surface area contributed by atoms with Crippen LogP contribution < -0.4 is 24.8 Å². The Bertz CT molecular complexity index is 1200. The van der Waals surface area contributed by atoms with E-state index in [0.717, 1.165) is 23.4 Å². The van der Waals surface area contributed by atoms with Gasteiger partial charge in [0.2, 0.25) is 5.75 Å². The molecule has 1 heterocycles. The number of ether oxygens (including phenoxy) is 3. The fourth-order valence-corrected chi connectivity index (χ4v) is 4.75. The lowest BCUT2D eigenvalue weighted by Crippen LogP contribution is -2.38. The molecule has 4 rings (SSSR count). The Morgan fingerprint density at radius 1 is 1.06 bits per heavy atom. The van der Waals surface area contributed by atoms with E-state index in [0.29, 0.717) is 52.6 Å². The maximum Gasteiger partial charge on any atom is 0.203 e. The fourth-order valence-electron chi connectivity index (χ4n) is 4.75. The van der Waals surface area contributed by atoms with Gasteiger partial charge in [0.25, 0.3) is 0 Å². The number of hydrogen-bond donors (Lipinski definition) is 1. The van der Waals surface area contributed by atoms with Gasteiger partial charge in [-0.25, -0.2) is 0 Å². The Labute approximate surface area is 193 Å². The van der Waals surface area contributed by atoms with Crippen molar-refractivity contribution in [1.29, 1.82) is 5.26 Å². The van der Waals surface area contributed by atoms with E-state index in [1.54, 1.807) is 12.1 Å². The van der Waals surface area contributed by atoms with Gasteiger partial charge in [0.15, 0.2) is 17.3 Å². The standard InChI is InChI=1S/C26H27N3O4/c1-15-7-5-8-17(11-15)29-19-9-6-10-20(30)24(19)23(18(14-27)26(29)28)16-12-21(31-2)25(33-4)22(13-16)32-3/h5,7-8,11-13,23H,6,9-10,28H2,1-4H3. The van der Waals surface area contributed by atoms with Crippen LogP contribution in [0.15, 0.2) is 59.1 Å². The average molecular weight is 446 g/mol. The second-order valence-corrected chi connectivity index (χ2v) is 8.11. The van der Waals surface area contributed by atoms with Gasteiger partial charge in [-0.2, -0.15) is 5.26 Å². The number of hydrogen-bond acceptors (Lipinski definition) is 7. The first-order chi connectivity index (χ1) is 15.9. The minimum Gasteiger partial charge on any atom is -0.493 e. The van der Waals surface area contributed by atoms with Crippen LogP contribution in [-0.4, -0.2) is 27.1 Å². The first-order valence-corrected chi connectivity index (χ1v) is 10.8. The summed E-state index contributed by atoms with van der Waals surface area (Å²) in [5.74, 6) is 1.08. The minimum atomic E-state index is -0.618. The molecule has 2 aromatic rings. The van der Waals surface area contributed by atoms with Crippen molar-refractivity contribution in [2.45, 2.75) is 32.1 Å². The van der Waals surface area contributed by atoms with Crippen molar-refractivity contribution in [3.8, 4) is 23.3 Å². The first kappa shape index (κ1) is 22.3. The van der Waals surface area contributed by atoms with Crippen LogP contribution in [0.5, 0.6) is 17.2 Å². The molecule has 0 saturated carbocycles. The number of anilines is 1. The number of carbonyl (C=O) groups excluding carboxylic acids is 1. The Morgan fingerprint density at radius 3 is 2.33 bits per heavy atom. The normalized spacial score (nSPS) is 18.1. The largest absolute Gasteiger partial charge is 0.493 e. The molecule has 1 unspecified atom stereocenters. The monoisotopic (exact) mass is 445 g/mol. The molecule has 0 saturated heterocycles. The smallest absolute Gasteiger partial charge is 0.203 e. The molecule has 7 heteroatoms. The Hall–Kier alpha value is -3.92. The van der Waals surface area contributed by atoms with Crippen LogP contribution in [-0.2, 0) is 4.79 Å². The number of rotatable bonds is 5. The summed E-state index contributed by atoms with van der Waals surface area (Å²) < 4.78 is 16.5. The predicted molar refractivity (Wildman–Crippen MR) is 125 cm³/mol. The van der Waals surface area contributed by atoms with Crippen molar-refractivity contribution in [1.82, 2.24) is 0 Å². The number of nitrogens with two attached hydrogens (primary N) is 1. The van der Waals surface area contributed by atoms with Gasteiger partial charge in [0.1, 0.15) is 5.82 Å². The molecular weight excluding hydrogens is 418 g/mol. The third-order valence-corrected chi connectivity index (χ3v) is 6.19. The molecule has 1 atom stereocenters. The van der Waals surface area contributed by atoms with Gasteiger partial charge in [0.05, 0.1) is 38.9 Å². The number of methoxy groups -OCH3 is 3. The van der Waals surface area contributed by atoms with Crippen LogP contribution in [0.3, 0.4) is 0 Å². The summed E-state index contributed by atoms with van der Waals surface area (Å²) in [5, 5.41) is 10.2. The summed E-state index contributed by atoms with van der Waals surface area (Å²) in [7, 11) is 4.60. The molecule has 0 aromatic heterocycles. The van der Waals surface area contributed by atoms with Gasteiger partial charge in [-0.1, -0.05) is 12.1 Å². The zero-order valence-electron chi connectivity index (χ0n) is 19.3. The molecule has 0 amide bonds. The van der Waals surface area contributed by atoms with E-state index in [1.807, 2.05) is 36.1 Å². The van der Waals surface area contributed by atoms with Gasteiger partial charge in [-0.15, -0.1) is 0 Å². The molecule has 2 aromatic carbocycles. The molecule has 0 bridgehead atoms. The maximum absolute atomic E-state index is 13.3. The highest BCUT2D eigenvalue weighted by molar-refractivity contribution is 6.01. The predicted octanol–water partition coefficient (Wildman–Crippen LogP) is 4.33. The lowest BCUT2D eigenvalue weighted by molar-refractivity contribution is -0.116. The SMILES string of the molecule is COc1cc(C2C(C#N)=C(N)N(c3cccc(C)c3)C3=C2C(=O)CCC3)cc(OC)c1OC. The third-order valence-electron chi connectivity index (χ3n) is 6.19. The van der Waals surface area contributed by atoms with E-state index in [9.17, 15) is 10.1 Å². The summed E-state index contributed by atoms with van der Waals surface area (Å²) in [6.07, 6.45) is 1.85. The van der Waals surface area contributed by atoms with Crippen molar-refractivity contribution < 1.29 is 19.0 Å². The molecule has 1 aliphatic heterocycles. The lowest BCUT2D eigenvalue weighted by Gasteiger charge is -2.39. The molecule has 7 nitrogen and oxygen atoms in total. The number of nitriles is 1. The van der Waals surface area contributed by atoms with E-state index in [4.69, 9.17) is 19.9 Å². The van der Waals surface area contributed by atoms with Gasteiger partial charge >= 0.3 is 0 Å². The zero-order chi connectivity index (χ0) is 23.7. The van der Waals surface area contributed by atoms with E-state index in [1.165, 1.54) is 21.3 Å². The van der Waals surface area contributed by atoms with Gasteiger partial charge in [0, 0.05) is 23.4 Å². The first-order valence-electron chi connectivity index (χ1n) is 10.8. The van der Waals surface area contributed by atoms with Gasteiger partial charge < -0.3 is 19.9 Å². The summed E-state index contributed by atoms with van der Waals surface area (Å²) in [6.45, 7) is 2.00. The minimum absolute atomic E-state index is 0.0212. The van der Waals surface area contributed by atoms with Crippen molar-refractivity contribution in [2.24, 2.45) is 5.73 Å². The van der Waals surface area contributed by atoms with Gasteiger partial charge in [-0.05, 0) is 55.2 Å². The molecule has 2 aliphatic rings. The van der Waals surface area contributed by atoms with Crippen LogP contribution in [0, 0.1) is 18.3 Å². The van der Waals surface area contributed by atoms with Crippen molar-refractivity contribution in [3.05, 3.63) is 70.2 Å². The Morgan fingerprint density at radius 2 is 1.76 bits per heavy atom. The third kappa shape index (κ3) is 3.68. The zero-order valence-corrected chi connectivity index (χ0v) is 19.3. The number of Topliss-reactive ketones (excluding diaryl/α,β-unsaturated/α-hetero) is 1. The fraction of sp³-hybridized carbons (Fsp3) is 0.308. The summed E-state index contributed by atoms with van der Waals surface area (Å²) in [6, 6.07) is 13.7. The highest BCUT2D eigenvalue weighted by atomic mass is 16.5. The van der Waals surface area contributed by atoms with Crippen molar-refractivity contribution in [3.63, 3.8) is 0 Å². The highest BCUT2D eigenvalue weighted by Crippen LogP contribution is 2.49. The molecule has 33 heavy (non-hydrogen) atoms. The molecular formula is C26H27N3O4. The van der Waals surface area contributed by atoms with E-state index in [2.05, 4.69) is 6.07 Å². The lowest BCUT2D eigenvalue weighted by atomic mass is 9.75. The average Bonchev–Trinajstić information content (AvgIpc) is 2.82. The molecule has 0 radical (unpaired) electrons. The Kier molecular flexibility index (Phi) is 6.01. The number of benzene rings is 2. The molecule has 0 fully saturated rings. The van der Waals surface area contributed by atoms with Crippen LogP contribution in [0.2, 0.25) is 0 Å². The second kappa shape index (κ2) is 8.91.